The molecule has 1 fully saturated rings. The Labute approximate surface area is 113 Å². The van der Waals surface area contributed by atoms with E-state index in [9.17, 15) is 8.42 Å². The van der Waals surface area contributed by atoms with Crippen LogP contribution in [0, 0.1) is 0 Å². The van der Waals surface area contributed by atoms with Crippen LogP contribution in [-0.4, -0.2) is 74.5 Å². The molecule has 0 aromatic carbocycles. The zero-order chi connectivity index (χ0) is 13.6. The fraction of sp³-hybridized carbons (Fsp3) is 0.900. The van der Waals surface area contributed by atoms with Crippen LogP contribution in [0.2, 0.25) is 0 Å². The van der Waals surface area contributed by atoms with E-state index in [-0.39, 0.29) is 29.3 Å². The minimum atomic E-state index is -2.90. The van der Waals surface area contributed by atoms with Crippen molar-refractivity contribution in [2.24, 2.45) is 0 Å². The number of aliphatic hydroxyl groups is 1. The molecule has 8 heteroatoms. The van der Waals surface area contributed by atoms with Gasteiger partial charge < -0.3 is 20.1 Å². The number of hydrogen-bond donors (Lipinski definition) is 2. The van der Waals surface area contributed by atoms with Crippen LogP contribution in [0.1, 0.15) is 6.42 Å². The maximum Gasteiger partial charge on any atom is 0.256 e. The van der Waals surface area contributed by atoms with E-state index in [0.29, 0.717) is 26.1 Å². The second kappa shape index (κ2) is 7.22. The maximum absolute atomic E-state index is 11.2. The van der Waals surface area contributed by atoms with Crippen LogP contribution >= 0.6 is 12.2 Å². The SMILES string of the molecule is CN(CCO)CCOC(=S)N[C@H]1CCS(=O)(=O)C1. The summed E-state index contributed by atoms with van der Waals surface area (Å²) in [6.07, 6.45) is 0.580. The van der Waals surface area contributed by atoms with E-state index >= 15 is 0 Å². The number of sulfone groups is 1. The van der Waals surface area contributed by atoms with Crippen molar-refractivity contribution < 1.29 is 18.3 Å². The molecule has 0 aromatic rings. The zero-order valence-electron chi connectivity index (χ0n) is 10.5. The fourth-order valence-electron chi connectivity index (χ4n) is 1.69. The zero-order valence-corrected chi connectivity index (χ0v) is 12.1. The Morgan fingerprint density at radius 3 is 2.83 bits per heavy atom. The highest BCUT2D eigenvalue weighted by molar-refractivity contribution is 7.91. The van der Waals surface area contributed by atoms with Crippen LogP contribution in [0.3, 0.4) is 0 Å². The Kier molecular flexibility index (Phi) is 6.27. The highest BCUT2D eigenvalue weighted by atomic mass is 32.2. The quantitative estimate of drug-likeness (QED) is 0.608. The molecule has 6 nitrogen and oxygen atoms in total. The number of nitrogens with one attached hydrogen (secondary N) is 1. The van der Waals surface area contributed by atoms with Crippen molar-refractivity contribution in [1.29, 1.82) is 0 Å². The summed E-state index contributed by atoms with van der Waals surface area (Å²) in [4.78, 5) is 1.92. The van der Waals surface area contributed by atoms with E-state index in [2.05, 4.69) is 5.32 Å². The van der Waals surface area contributed by atoms with Crippen molar-refractivity contribution in [3.8, 4) is 0 Å². The average Bonchev–Trinajstić information content (AvgIpc) is 2.58. The van der Waals surface area contributed by atoms with Crippen molar-refractivity contribution >= 4 is 27.2 Å². The van der Waals surface area contributed by atoms with Gasteiger partial charge >= 0.3 is 0 Å². The third-order valence-corrected chi connectivity index (χ3v) is 4.75. The van der Waals surface area contributed by atoms with Gasteiger partial charge in [0, 0.05) is 19.1 Å². The van der Waals surface area contributed by atoms with Crippen molar-refractivity contribution in [3.05, 3.63) is 0 Å². The lowest BCUT2D eigenvalue weighted by atomic mass is 10.3. The van der Waals surface area contributed by atoms with Crippen molar-refractivity contribution in [3.63, 3.8) is 0 Å². The van der Waals surface area contributed by atoms with Gasteiger partial charge in [0.15, 0.2) is 9.84 Å². The van der Waals surface area contributed by atoms with Crippen LogP contribution in [0.25, 0.3) is 0 Å². The topological polar surface area (TPSA) is 78.9 Å². The van der Waals surface area contributed by atoms with Gasteiger partial charge in [-0.1, -0.05) is 0 Å². The third-order valence-electron chi connectivity index (χ3n) is 2.74. The number of hydrogen-bond acceptors (Lipinski definition) is 6. The number of ether oxygens (including phenoxy) is 1. The standard InChI is InChI=1S/C10H20N2O4S2/c1-12(3-5-13)4-6-16-10(17)11-9-2-7-18(14,15)8-9/h9,13H,2-8H2,1H3,(H,11,17)/t9-/m0/s1. The number of rotatable bonds is 6. The summed E-state index contributed by atoms with van der Waals surface area (Å²) in [6.45, 7) is 1.77. The third kappa shape index (κ3) is 5.94. The highest BCUT2D eigenvalue weighted by Gasteiger charge is 2.28. The summed E-state index contributed by atoms with van der Waals surface area (Å²) in [6, 6.07) is -0.127. The molecule has 0 spiro atoms. The summed E-state index contributed by atoms with van der Waals surface area (Å²) in [5.41, 5.74) is 0. The van der Waals surface area contributed by atoms with Gasteiger partial charge in [-0.05, 0) is 25.7 Å². The highest BCUT2D eigenvalue weighted by Crippen LogP contribution is 2.11. The van der Waals surface area contributed by atoms with E-state index in [1.165, 1.54) is 0 Å². The minimum Gasteiger partial charge on any atom is -0.470 e. The van der Waals surface area contributed by atoms with Gasteiger partial charge in [0.1, 0.15) is 6.61 Å². The van der Waals surface area contributed by atoms with Gasteiger partial charge in [-0.25, -0.2) is 8.42 Å². The van der Waals surface area contributed by atoms with Gasteiger partial charge in [-0.15, -0.1) is 0 Å². The summed E-state index contributed by atoms with van der Waals surface area (Å²) in [7, 11) is -1.02. The monoisotopic (exact) mass is 296 g/mol. The lowest BCUT2D eigenvalue weighted by Gasteiger charge is -2.17. The first kappa shape index (κ1) is 15.6. The number of likely N-dealkylation sites (N-methyl/N-ethyl adjacent to an activating group) is 1. The Balaban J connectivity index is 2.15. The molecule has 1 aliphatic heterocycles. The second-order valence-corrected chi connectivity index (χ2v) is 7.01. The van der Waals surface area contributed by atoms with Crippen LogP contribution < -0.4 is 5.32 Å². The molecule has 0 aliphatic carbocycles. The van der Waals surface area contributed by atoms with E-state index in [1.807, 2.05) is 11.9 Å². The molecule has 1 rings (SSSR count). The smallest absolute Gasteiger partial charge is 0.256 e. The van der Waals surface area contributed by atoms with Gasteiger partial charge in [0.2, 0.25) is 0 Å². The molecule has 0 aromatic heterocycles. The van der Waals surface area contributed by atoms with Crippen LogP contribution in [0.5, 0.6) is 0 Å². The van der Waals surface area contributed by atoms with Crippen LogP contribution in [0.4, 0.5) is 0 Å². The predicted molar refractivity (Wildman–Crippen MR) is 73.3 cm³/mol. The largest absolute Gasteiger partial charge is 0.470 e. The molecular weight excluding hydrogens is 276 g/mol. The molecule has 1 heterocycles. The lowest BCUT2D eigenvalue weighted by Crippen LogP contribution is -2.37. The number of nitrogens with zero attached hydrogens (tertiary/aromatic N) is 1. The van der Waals surface area contributed by atoms with Gasteiger partial charge in [-0.2, -0.15) is 0 Å². The molecule has 18 heavy (non-hydrogen) atoms. The van der Waals surface area contributed by atoms with Gasteiger partial charge in [0.25, 0.3) is 5.17 Å². The molecular formula is C10H20N2O4S2. The fourth-order valence-corrected chi connectivity index (χ4v) is 3.62. The molecule has 0 unspecified atom stereocenters. The Bertz CT molecular complexity index is 372. The van der Waals surface area contributed by atoms with E-state index < -0.39 is 9.84 Å². The maximum atomic E-state index is 11.2. The average molecular weight is 296 g/mol. The van der Waals surface area contributed by atoms with Crippen molar-refractivity contribution in [1.82, 2.24) is 10.2 Å². The van der Waals surface area contributed by atoms with Crippen LogP contribution in [-0.2, 0) is 14.6 Å². The minimum absolute atomic E-state index is 0.110. The second-order valence-electron chi connectivity index (χ2n) is 4.41. The lowest BCUT2D eigenvalue weighted by molar-refractivity contribution is 0.187. The molecule has 1 saturated heterocycles. The first-order valence-corrected chi connectivity index (χ1v) is 8.09. The Morgan fingerprint density at radius 1 is 1.56 bits per heavy atom. The summed E-state index contributed by atoms with van der Waals surface area (Å²) >= 11 is 4.99. The van der Waals surface area contributed by atoms with Gasteiger partial charge in [-0.3, -0.25) is 0 Å². The van der Waals surface area contributed by atoms with Crippen molar-refractivity contribution in [2.75, 3.05) is 44.9 Å². The van der Waals surface area contributed by atoms with E-state index in [4.69, 9.17) is 22.1 Å². The summed E-state index contributed by atoms with van der Waals surface area (Å²) < 4.78 is 27.8. The normalized spacial score (nSPS) is 22.1. The molecule has 2 N–H and O–H groups in total. The molecule has 0 saturated carbocycles. The first-order valence-electron chi connectivity index (χ1n) is 5.86. The Hall–Kier alpha value is -0.440. The summed E-state index contributed by atoms with van der Waals surface area (Å²) in [5.74, 6) is 0.341. The van der Waals surface area contributed by atoms with E-state index in [1.54, 1.807) is 0 Å². The molecule has 1 aliphatic rings. The Morgan fingerprint density at radius 2 is 2.28 bits per heavy atom. The number of aliphatic hydroxyl groups excluding tert-OH is 1. The number of thiocarbonyl (C=S) groups is 1. The molecule has 0 bridgehead atoms. The van der Waals surface area contributed by atoms with Crippen molar-refractivity contribution in [2.45, 2.75) is 12.5 Å². The molecule has 0 amide bonds. The van der Waals surface area contributed by atoms with E-state index in [0.717, 1.165) is 0 Å². The molecule has 0 radical (unpaired) electrons. The first-order chi connectivity index (χ1) is 8.43. The molecule has 106 valence electrons. The van der Waals surface area contributed by atoms with Crippen LogP contribution in [0.15, 0.2) is 0 Å². The predicted octanol–water partition coefficient (Wildman–Crippen LogP) is -1.01. The summed E-state index contributed by atoms with van der Waals surface area (Å²) in [5, 5.41) is 11.9. The molecule has 1 atom stereocenters. The van der Waals surface area contributed by atoms with Gasteiger partial charge in [0.05, 0.1) is 18.1 Å².